The van der Waals surface area contributed by atoms with Crippen LogP contribution < -0.4 is 9.47 Å². The Bertz CT molecular complexity index is 1200. The second-order valence-corrected chi connectivity index (χ2v) is 11.0. The molecule has 5 rings (SSSR count). The minimum absolute atomic E-state index is 0.100. The molecular formula is C31H35N3O4S. The first-order valence-electron chi connectivity index (χ1n) is 13.4. The fourth-order valence-electron chi connectivity index (χ4n) is 5.30. The molecule has 2 saturated heterocycles. The van der Waals surface area contributed by atoms with Crippen LogP contribution in [0.5, 0.6) is 11.5 Å². The predicted molar refractivity (Wildman–Crippen MR) is 154 cm³/mol. The molecule has 2 fully saturated rings. The SMILES string of the molecule is COc1ccccc1OC[C@@H]1SCCN1C(=O)CC(=O)N1CCN(C(c2ccccc2)c2ccccc2)CC1. The fourth-order valence-corrected chi connectivity index (χ4v) is 6.44. The van der Waals surface area contributed by atoms with Gasteiger partial charge in [0.1, 0.15) is 18.4 Å². The molecule has 2 aliphatic rings. The van der Waals surface area contributed by atoms with Gasteiger partial charge in [0.15, 0.2) is 11.5 Å². The molecule has 7 nitrogen and oxygen atoms in total. The zero-order valence-corrected chi connectivity index (χ0v) is 23.1. The molecule has 2 heterocycles. The number of rotatable bonds is 9. The van der Waals surface area contributed by atoms with Crippen LogP contribution in [0.2, 0.25) is 0 Å². The molecule has 8 heteroatoms. The van der Waals surface area contributed by atoms with Gasteiger partial charge in [-0.3, -0.25) is 14.5 Å². The molecule has 0 radical (unpaired) electrons. The number of carbonyl (C=O) groups excluding carboxylic acids is 2. The van der Waals surface area contributed by atoms with E-state index in [4.69, 9.17) is 9.47 Å². The largest absolute Gasteiger partial charge is 0.493 e. The van der Waals surface area contributed by atoms with Crippen LogP contribution >= 0.6 is 11.8 Å². The number of para-hydroxylation sites is 2. The van der Waals surface area contributed by atoms with E-state index >= 15 is 0 Å². The quantitative estimate of drug-likeness (QED) is 0.374. The van der Waals surface area contributed by atoms with Gasteiger partial charge in [0.2, 0.25) is 11.8 Å². The lowest BCUT2D eigenvalue weighted by atomic mass is 9.96. The Balaban J connectivity index is 1.16. The van der Waals surface area contributed by atoms with E-state index < -0.39 is 0 Å². The normalized spacial score (nSPS) is 17.8. The summed E-state index contributed by atoms with van der Waals surface area (Å²) in [5.41, 5.74) is 2.48. The monoisotopic (exact) mass is 545 g/mol. The molecule has 0 spiro atoms. The van der Waals surface area contributed by atoms with Crippen molar-refractivity contribution < 1.29 is 19.1 Å². The van der Waals surface area contributed by atoms with Crippen LogP contribution in [0, 0.1) is 0 Å². The summed E-state index contributed by atoms with van der Waals surface area (Å²) in [6.07, 6.45) is -0.105. The van der Waals surface area contributed by atoms with Gasteiger partial charge in [-0.05, 0) is 23.3 Å². The molecule has 3 aromatic rings. The Kier molecular flexibility index (Phi) is 9.06. The third kappa shape index (κ3) is 6.57. The Hall–Kier alpha value is -3.49. The first kappa shape index (κ1) is 27.1. The summed E-state index contributed by atoms with van der Waals surface area (Å²) in [5.74, 6) is 1.91. The second-order valence-electron chi connectivity index (χ2n) is 9.69. The highest BCUT2D eigenvalue weighted by molar-refractivity contribution is 8.00. The zero-order valence-electron chi connectivity index (χ0n) is 22.3. The van der Waals surface area contributed by atoms with Crippen LogP contribution in [-0.4, -0.2) is 84.1 Å². The number of hydrogen-bond donors (Lipinski definition) is 0. The van der Waals surface area contributed by atoms with Crippen molar-refractivity contribution in [2.24, 2.45) is 0 Å². The van der Waals surface area contributed by atoms with E-state index in [-0.39, 0.29) is 29.7 Å². The summed E-state index contributed by atoms with van der Waals surface area (Å²) in [7, 11) is 1.61. The van der Waals surface area contributed by atoms with Crippen LogP contribution in [0.4, 0.5) is 0 Å². The lowest BCUT2D eigenvalue weighted by Crippen LogP contribution is -2.51. The summed E-state index contributed by atoms with van der Waals surface area (Å²) in [6.45, 7) is 3.70. The lowest BCUT2D eigenvalue weighted by molar-refractivity contribution is -0.142. The number of piperazine rings is 1. The van der Waals surface area contributed by atoms with Crippen molar-refractivity contribution in [2.45, 2.75) is 17.8 Å². The average molecular weight is 546 g/mol. The molecule has 0 aromatic heterocycles. The lowest BCUT2D eigenvalue weighted by Gasteiger charge is -2.40. The van der Waals surface area contributed by atoms with Gasteiger partial charge >= 0.3 is 0 Å². The van der Waals surface area contributed by atoms with Crippen molar-refractivity contribution in [1.29, 1.82) is 0 Å². The third-order valence-corrected chi connectivity index (χ3v) is 8.52. The van der Waals surface area contributed by atoms with E-state index in [1.807, 2.05) is 41.3 Å². The summed E-state index contributed by atoms with van der Waals surface area (Å²) in [4.78, 5) is 32.4. The van der Waals surface area contributed by atoms with Crippen molar-refractivity contribution in [1.82, 2.24) is 14.7 Å². The summed E-state index contributed by atoms with van der Waals surface area (Å²) < 4.78 is 11.3. The maximum Gasteiger partial charge on any atom is 0.233 e. The van der Waals surface area contributed by atoms with Crippen LogP contribution in [0.3, 0.4) is 0 Å². The van der Waals surface area contributed by atoms with E-state index in [2.05, 4.69) is 53.4 Å². The number of amides is 2. The highest BCUT2D eigenvalue weighted by Gasteiger charge is 2.33. The van der Waals surface area contributed by atoms with Crippen molar-refractivity contribution in [2.75, 3.05) is 52.2 Å². The molecule has 0 bridgehead atoms. The van der Waals surface area contributed by atoms with Gasteiger partial charge in [-0.25, -0.2) is 0 Å². The zero-order chi connectivity index (χ0) is 27.0. The molecule has 1 atom stereocenters. The number of carbonyl (C=O) groups is 2. The first-order chi connectivity index (χ1) is 19.1. The molecule has 204 valence electrons. The molecule has 0 unspecified atom stereocenters. The molecule has 0 aliphatic carbocycles. The van der Waals surface area contributed by atoms with E-state index in [0.717, 1.165) is 18.8 Å². The van der Waals surface area contributed by atoms with E-state index in [1.165, 1.54) is 11.1 Å². The Morgan fingerprint density at radius 2 is 1.38 bits per heavy atom. The minimum atomic E-state index is -0.132. The van der Waals surface area contributed by atoms with Crippen LogP contribution in [0.25, 0.3) is 0 Å². The Labute approximate surface area is 234 Å². The molecule has 0 saturated carbocycles. The van der Waals surface area contributed by atoms with Gasteiger partial charge in [-0.2, -0.15) is 0 Å². The molecule has 0 N–H and O–H groups in total. The summed E-state index contributed by atoms with van der Waals surface area (Å²) >= 11 is 1.68. The van der Waals surface area contributed by atoms with E-state index in [0.29, 0.717) is 37.7 Å². The fraction of sp³-hybridized carbons (Fsp3) is 0.355. The third-order valence-electron chi connectivity index (χ3n) is 7.33. The smallest absolute Gasteiger partial charge is 0.233 e. The summed E-state index contributed by atoms with van der Waals surface area (Å²) in [5, 5.41) is -0.121. The topological polar surface area (TPSA) is 62.3 Å². The average Bonchev–Trinajstić information content (AvgIpc) is 3.47. The van der Waals surface area contributed by atoms with Crippen molar-refractivity contribution in [3.63, 3.8) is 0 Å². The van der Waals surface area contributed by atoms with Gasteiger partial charge in [0, 0.05) is 38.5 Å². The van der Waals surface area contributed by atoms with Crippen LogP contribution in [0.15, 0.2) is 84.9 Å². The highest BCUT2D eigenvalue weighted by Crippen LogP contribution is 2.31. The van der Waals surface area contributed by atoms with Crippen molar-refractivity contribution in [3.8, 4) is 11.5 Å². The predicted octanol–water partition coefficient (Wildman–Crippen LogP) is 4.30. The van der Waals surface area contributed by atoms with E-state index in [9.17, 15) is 9.59 Å². The molecule has 39 heavy (non-hydrogen) atoms. The number of methoxy groups -OCH3 is 1. The minimum Gasteiger partial charge on any atom is -0.493 e. The van der Waals surface area contributed by atoms with Crippen LogP contribution in [0.1, 0.15) is 23.6 Å². The number of ether oxygens (including phenoxy) is 2. The maximum absolute atomic E-state index is 13.2. The van der Waals surface area contributed by atoms with Crippen LogP contribution in [-0.2, 0) is 9.59 Å². The summed E-state index contributed by atoms with van der Waals surface area (Å²) in [6, 6.07) is 28.6. The van der Waals surface area contributed by atoms with Gasteiger partial charge in [0.05, 0.1) is 13.2 Å². The number of benzene rings is 3. The molecular weight excluding hydrogens is 510 g/mol. The standard InChI is InChI=1S/C31H35N3O4S/c1-37-26-14-8-9-15-27(26)38-23-30-34(20-21-39-30)29(36)22-28(35)32-16-18-33(19-17-32)31(24-10-4-2-5-11-24)25-12-6-3-7-13-25/h2-15,30-31H,16-23H2,1H3/t30-/m0/s1. The Morgan fingerprint density at radius 1 is 0.795 bits per heavy atom. The number of thioether (sulfide) groups is 1. The van der Waals surface area contributed by atoms with Gasteiger partial charge in [-0.15, -0.1) is 11.8 Å². The second kappa shape index (κ2) is 13.0. The molecule has 3 aromatic carbocycles. The molecule has 2 amide bonds. The van der Waals surface area contributed by atoms with Gasteiger partial charge < -0.3 is 19.3 Å². The van der Waals surface area contributed by atoms with Gasteiger partial charge in [-0.1, -0.05) is 72.8 Å². The maximum atomic E-state index is 13.2. The Morgan fingerprint density at radius 3 is 2.00 bits per heavy atom. The van der Waals surface area contributed by atoms with Gasteiger partial charge in [0.25, 0.3) is 0 Å². The first-order valence-corrected chi connectivity index (χ1v) is 14.5. The van der Waals surface area contributed by atoms with Crippen molar-refractivity contribution in [3.05, 3.63) is 96.1 Å². The van der Waals surface area contributed by atoms with E-state index in [1.54, 1.807) is 23.8 Å². The highest BCUT2D eigenvalue weighted by atomic mass is 32.2. The number of hydrogen-bond acceptors (Lipinski definition) is 6. The number of nitrogens with zero attached hydrogens (tertiary/aromatic N) is 3. The molecule has 2 aliphatic heterocycles. The van der Waals surface area contributed by atoms with Crippen molar-refractivity contribution >= 4 is 23.6 Å².